The normalized spacial score (nSPS) is 11.2. The van der Waals surface area contributed by atoms with E-state index in [1.807, 2.05) is 49.4 Å². The molecule has 0 radical (unpaired) electrons. The molecule has 6 nitrogen and oxygen atoms in total. The molecule has 0 aliphatic heterocycles. The van der Waals surface area contributed by atoms with Crippen LogP contribution in [0, 0.1) is 6.92 Å². The predicted octanol–water partition coefficient (Wildman–Crippen LogP) is 3.25. The van der Waals surface area contributed by atoms with Crippen molar-refractivity contribution in [2.75, 3.05) is 25.0 Å². The van der Waals surface area contributed by atoms with E-state index in [-0.39, 0.29) is 18.2 Å². The molecule has 0 aliphatic rings. The average molecular weight is 367 g/mol. The van der Waals surface area contributed by atoms with Crippen LogP contribution in [0.25, 0.3) is 11.1 Å². The molecule has 0 atom stereocenters. The largest absolute Gasteiger partial charge is 0.419 e. The second kappa shape index (κ2) is 8.68. The molecule has 0 bridgehead atoms. The number of aromatic nitrogens is 1. The molecule has 3 rings (SSSR count). The van der Waals surface area contributed by atoms with Gasteiger partial charge in [-0.1, -0.05) is 37.3 Å². The fraction of sp³-hybridized carbons (Fsp3) is 0.333. The van der Waals surface area contributed by atoms with Gasteiger partial charge in [0.15, 0.2) is 5.58 Å². The zero-order valence-corrected chi connectivity index (χ0v) is 15.8. The minimum atomic E-state index is -0.364. The highest BCUT2D eigenvalue weighted by Crippen LogP contribution is 2.14. The molecule has 0 unspecified atom stereocenters. The van der Waals surface area contributed by atoms with Crippen LogP contribution in [0.1, 0.15) is 18.9 Å². The number of oxazole rings is 1. The fourth-order valence-corrected chi connectivity index (χ4v) is 3.16. The highest BCUT2D eigenvalue weighted by atomic mass is 16.4. The van der Waals surface area contributed by atoms with Crippen molar-refractivity contribution < 1.29 is 9.21 Å². The molecular formula is C21H25N3O3. The van der Waals surface area contributed by atoms with Gasteiger partial charge in [-0.05, 0) is 43.7 Å². The van der Waals surface area contributed by atoms with Gasteiger partial charge in [0, 0.05) is 18.8 Å². The lowest BCUT2D eigenvalue weighted by Crippen LogP contribution is -2.37. The number of para-hydroxylation sites is 3. The Hall–Kier alpha value is -2.86. The number of benzene rings is 2. The summed E-state index contributed by atoms with van der Waals surface area (Å²) in [7, 11) is 0. The molecule has 0 saturated carbocycles. The maximum Gasteiger partial charge on any atom is 0.419 e. The molecule has 1 aromatic heterocycles. The number of hydrogen-bond donors (Lipinski definition) is 1. The second-order valence-electron chi connectivity index (χ2n) is 6.63. The molecule has 0 spiro atoms. The molecule has 1 amide bonds. The fourth-order valence-electron chi connectivity index (χ4n) is 3.16. The maximum atomic E-state index is 12.5. The van der Waals surface area contributed by atoms with Crippen molar-refractivity contribution in [1.82, 2.24) is 9.47 Å². The molecule has 27 heavy (non-hydrogen) atoms. The van der Waals surface area contributed by atoms with Gasteiger partial charge in [-0.3, -0.25) is 14.3 Å². The summed E-state index contributed by atoms with van der Waals surface area (Å²) >= 11 is 0. The van der Waals surface area contributed by atoms with Gasteiger partial charge in [-0.15, -0.1) is 0 Å². The third-order valence-electron chi connectivity index (χ3n) is 4.54. The number of anilines is 1. The number of carbonyl (C=O) groups is 1. The molecule has 1 N–H and O–H groups in total. The van der Waals surface area contributed by atoms with Gasteiger partial charge in [0.25, 0.3) is 0 Å². The van der Waals surface area contributed by atoms with Crippen LogP contribution in [0.2, 0.25) is 0 Å². The Morgan fingerprint density at radius 2 is 1.85 bits per heavy atom. The summed E-state index contributed by atoms with van der Waals surface area (Å²) in [5, 5.41) is 2.97. The van der Waals surface area contributed by atoms with Crippen LogP contribution in [-0.2, 0) is 11.3 Å². The van der Waals surface area contributed by atoms with Crippen molar-refractivity contribution in [2.45, 2.75) is 26.8 Å². The minimum absolute atomic E-state index is 0.0536. The van der Waals surface area contributed by atoms with Crippen LogP contribution in [-0.4, -0.2) is 35.0 Å². The zero-order chi connectivity index (χ0) is 19.2. The number of aryl methyl sites for hydroxylation is 1. The quantitative estimate of drug-likeness (QED) is 0.664. The molecule has 0 aliphatic carbocycles. The first-order chi connectivity index (χ1) is 13.1. The van der Waals surface area contributed by atoms with Crippen molar-refractivity contribution >= 4 is 22.7 Å². The van der Waals surface area contributed by atoms with Crippen molar-refractivity contribution in [3.05, 3.63) is 64.6 Å². The predicted molar refractivity (Wildman–Crippen MR) is 107 cm³/mol. The van der Waals surface area contributed by atoms with E-state index >= 15 is 0 Å². The van der Waals surface area contributed by atoms with Crippen molar-refractivity contribution in [2.24, 2.45) is 0 Å². The van der Waals surface area contributed by atoms with E-state index in [1.54, 1.807) is 10.6 Å². The monoisotopic (exact) mass is 367 g/mol. The summed E-state index contributed by atoms with van der Waals surface area (Å²) in [6.07, 6.45) is 0.929. The first-order valence-electron chi connectivity index (χ1n) is 9.24. The van der Waals surface area contributed by atoms with Crippen LogP contribution in [0.5, 0.6) is 0 Å². The van der Waals surface area contributed by atoms with Crippen LogP contribution in [0.4, 0.5) is 5.69 Å². The molecular weight excluding hydrogens is 342 g/mol. The van der Waals surface area contributed by atoms with Gasteiger partial charge in [0.1, 0.15) is 0 Å². The zero-order valence-electron chi connectivity index (χ0n) is 15.8. The summed E-state index contributed by atoms with van der Waals surface area (Å²) in [6, 6.07) is 15.1. The van der Waals surface area contributed by atoms with E-state index in [9.17, 15) is 9.59 Å². The lowest BCUT2D eigenvalue weighted by molar-refractivity contribution is -0.117. The summed E-state index contributed by atoms with van der Waals surface area (Å²) in [5.74, 6) is -0.417. The number of nitrogens with one attached hydrogen (secondary N) is 1. The number of rotatable bonds is 8. The van der Waals surface area contributed by atoms with Crippen LogP contribution in [0.3, 0.4) is 0 Å². The van der Waals surface area contributed by atoms with Gasteiger partial charge in [-0.2, -0.15) is 0 Å². The Morgan fingerprint density at radius 3 is 2.63 bits per heavy atom. The van der Waals surface area contributed by atoms with E-state index in [0.717, 1.165) is 29.7 Å². The number of fused-ring (bicyclic) bond motifs is 1. The average Bonchev–Trinajstić information content (AvgIpc) is 2.97. The molecule has 142 valence electrons. The lowest BCUT2D eigenvalue weighted by atomic mass is 10.2. The van der Waals surface area contributed by atoms with Crippen LogP contribution < -0.4 is 11.1 Å². The van der Waals surface area contributed by atoms with E-state index in [4.69, 9.17) is 4.42 Å². The lowest BCUT2D eigenvalue weighted by Gasteiger charge is -2.21. The van der Waals surface area contributed by atoms with E-state index in [1.165, 1.54) is 0 Å². The molecule has 1 heterocycles. The summed E-state index contributed by atoms with van der Waals surface area (Å²) < 4.78 is 6.90. The Kier molecular flexibility index (Phi) is 6.08. The summed E-state index contributed by atoms with van der Waals surface area (Å²) in [6.45, 7) is 6.19. The standard InChI is InChI=1S/C21H25N3O3/c1-3-12-23(15-20(25)22-17-9-5-4-8-16(17)2)13-14-24-18-10-6-7-11-19(18)27-21(24)26/h4-11H,3,12-15H2,1-2H3,(H,22,25). The molecule has 2 aromatic carbocycles. The van der Waals surface area contributed by atoms with E-state index < -0.39 is 0 Å². The second-order valence-corrected chi connectivity index (χ2v) is 6.63. The topological polar surface area (TPSA) is 67.5 Å². The third-order valence-corrected chi connectivity index (χ3v) is 4.54. The van der Waals surface area contributed by atoms with Gasteiger partial charge < -0.3 is 9.73 Å². The van der Waals surface area contributed by atoms with Gasteiger partial charge in [0.2, 0.25) is 5.91 Å². The highest BCUT2D eigenvalue weighted by Gasteiger charge is 2.14. The SMILES string of the molecule is CCCN(CCn1c(=O)oc2ccccc21)CC(=O)Nc1ccccc1C. The number of carbonyl (C=O) groups excluding carboxylic acids is 1. The number of hydrogen-bond acceptors (Lipinski definition) is 4. The first kappa shape index (κ1) is 18.9. The molecule has 3 aromatic rings. The minimum Gasteiger partial charge on any atom is -0.408 e. The van der Waals surface area contributed by atoms with Gasteiger partial charge in [0.05, 0.1) is 12.1 Å². The highest BCUT2D eigenvalue weighted by molar-refractivity contribution is 5.92. The van der Waals surface area contributed by atoms with Crippen LogP contribution in [0.15, 0.2) is 57.7 Å². The van der Waals surface area contributed by atoms with Crippen molar-refractivity contribution in [1.29, 1.82) is 0 Å². The summed E-state index contributed by atoms with van der Waals surface area (Å²) in [4.78, 5) is 26.6. The molecule has 6 heteroatoms. The van der Waals surface area contributed by atoms with Crippen molar-refractivity contribution in [3.63, 3.8) is 0 Å². The number of nitrogens with zero attached hydrogens (tertiary/aromatic N) is 2. The van der Waals surface area contributed by atoms with Gasteiger partial charge in [-0.25, -0.2) is 4.79 Å². The van der Waals surface area contributed by atoms with E-state index in [2.05, 4.69) is 17.1 Å². The van der Waals surface area contributed by atoms with Crippen LogP contribution >= 0.6 is 0 Å². The number of amides is 1. The van der Waals surface area contributed by atoms with E-state index in [0.29, 0.717) is 18.7 Å². The van der Waals surface area contributed by atoms with Crippen molar-refractivity contribution in [3.8, 4) is 0 Å². The smallest absolute Gasteiger partial charge is 0.408 e. The van der Waals surface area contributed by atoms with Gasteiger partial charge >= 0.3 is 5.76 Å². The molecule has 0 saturated heterocycles. The Bertz CT molecular complexity index is 974. The Morgan fingerprint density at radius 1 is 1.11 bits per heavy atom. The first-order valence-corrected chi connectivity index (χ1v) is 9.24. The summed E-state index contributed by atoms with van der Waals surface area (Å²) in [5.41, 5.74) is 3.23. The maximum absolute atomic E-state index is 12.5. The Labute approximate surface area is 158 Å². The molecule has 0 fully saturated rings. The third kappa shape index (κ3) is 4.65. The Balaban J connectivity index is 1.65.